The first-order valence-electron chi connectivity index (χ1n) is 4.61. The molecule has 0 saturated heterocycles. The highest BCUT2D eigenvalue weighted by atomic mass is 32.1. The lowest BCUT2D eigenvalue weighted by Gasteiger charge is -2.14. The number of carbonyl (C=O) groups is 1. The third kappa shape index (κ3) is 2.86. The molecule has 1 amide bonds. The topological polar surface area (TPSA) is 71.2 Å². The lowest BCUT2D eigenvalue weighted by molar-refractivity contribution is -0.137. The molecule has 0 aliphatic rings. The highest BCUT2D eigenvalue weighted by Gasteiger charge is 2.37. The summed E-state index contributed by atoms with van der Waals surface area (Å²) in [5.74, 6) is 4.06. The van der Waals surface area contributed by atoms with Crippen LogP contribution in [-0.2, 0) is 6.18 Å². The van der Waals surface area contributed by atoms with Crippen molar-refractivity contribution in [3.05, 3.63) is 10.7 Å². The van der Waals surface area contributed by atoms with Gasteiger partial charge in [0.05, 0.1) is 0 Å². The molecule has 9 heteroatoms. The molecule has 0 fully saturated rings. The number of nitrogens with zero attached hydrogens (tertiary/aromatic N) is 2. The van der Waals surface area contributed by atoms with E-state index in [1.54, 1.807) is 19.4 Å². The summed E-state index contributed by atoms with van der Waals surface area (Å²) in [4.78, 5) is 16.1. The van der Waals surface area contributed by atoms with E-state index in [1.807, 2.05) is 0 Å². The molecule has 0 atom stereocenters. The normalized spacial score (nSPS) is 11.4. The molecule has 5 nitrogen and oxygen atoms in total. The Kier molecular flexibility index (Phi) is 3.94. The number of hydrazine groups is 1. The van der Waals surface area contributed by atoms with E-state index >= 15 is 0 Å². The van der Waals surface area contributed by atoms with Crippen molar-refractivity contribution in [2.75, 3.05) is 18.5 Å². The van der Waals surface area contributed by atoms with E-state index in [9.17, 15) is 18.0 Å². The van der Waals surface area contributed by atoms with E-state index in [2.05, 4.69) is 4.98 Å². The van der Waals surface area contributed by atoms with Crippen LogP contribution >= 0.6 is 11.3 Å². The second kappa shape index (κ2) is 4.88. The number of rotatable bonds is 3. The first kappa shape index (κ1) is 13.7. The van der Waals surface area contributed by atoms with Gasteiger partial charge in [0.2, 0.25) is 5.01 Å². The van der Waals surface area contributed by atoms with Crippen molar-refractivity contribution in [2.24, 2.45) is 5.84 Å². The van der Waals surface area contributed by atoms with E-state index in [4.69, 9.17) is 5.84 Å². The summed E-state index contributed by atoms with van der Waals surface area (Å²) in [6.07, 6.45) is -4.57. The lowest BCUT2D eigenvalue weighted by atomic mass is 10.4. The number of amides is 1. The molecule has 1 rings (SSSR count). The first-order valence-corrected chi connectivity index (χ1v) is 5.43. The zero-order valence-corrected chi connectivity index (χ0v) is 9.95. The molecule has 0 radical (unpaired) electrons. The van der Waals surface area contributed by atoms with Gasteiger partial charge in [-0.25, -0.2) is 10.8 Å². The number of hydrogen-bond acceptors (Lipinski definition) is 5. The number of nitrogens with two attached hydrogens (primary N) is 1. The van der Waals surface area contributed by atoms with Gasteiger partial charge in [-0.2, -0.15) is 13.2 Å². The fraction of sp³-hybridized carbons (Fsp3) is 0.500. The molecule has 0 saturated carbocycles. The minimum atomic E-state index is -4.57. The number of nitrogen functional groups attached to an aromatic ring is 1. The van der Waals surface area contributed by atoms with Gasteiger partial charge in [0, 0.05) is 13.6 Å². The average Bonchev–Trinajstić information content (AvgIpc) is 2.71. The number of thiazole rings is 1. The predicted octanol–water partition coefficient (Wildman–Crippen LogP) is 1.22. The Balaban J connectivity index is 3.26. The second-order valence-electron chi connectivity index (χ2n) is 3.16. The van der Waals surface area contributed by atoms with E-state index in [-0.39, 0.29) is 10.7 Å². The standard InChI is InChI=1S/C8H11F3N4OS/c1-3-15(2)6-4(5(16)14-12)13-7(17-6)8(9,10)11/h3,12H2,1-2H3,(H,14,16). The lowest BCUT2D eigenvalue weighted by Crippen LogP contribution is -2.32. The maximum atomic E-state index is 12.5. The Hall–Kier alpha value is -1.35. The van der Waals surface area contributed by atoms with Crippen molar-refractivity contribution in [3.63, 3.8) is 0 Å². The van der Waals surface area contributed by atoms with Crippen LogP contribution in [0.15, 0.2) is 0 Å². The quantitative estimate of drug-likeness (QED) is 0.491. The van der Waals surface area contributed by atoms with Gasteiger partial charge in [-0.05, 0) is 6.92 Å². The molecule has 1 aromatic rings. The van der Waals surface area contributed by atoms with Crippen LogP contribution in [0, 0.1) is 0 Å². The number of alkyl halides is 3. The average molecular weight is 268 g/mol. The largest absolute Gasteiger partial charge is 0.443 e. The maximum absolute atomic E-state index is 12.5. The summed E-state index contributed by atoms with van der Waals surface area (Å²) in [5, 5.41) is -0.922. The van der Waals surface area contributed by atoms with Crippen molar-refractivity contribution in [1.29, 1.82) is 0 Å². The van der Waals surface area contributed by atoms with Crippen LogP contribution in [0.2, 0.25) is 0 Å². The zero-order valence-electron chi connectivity index (χ0n) is 9.13. The van der Waals surface area contributed by atoms with Gasteiger partial charge in [-0.1, -0.05) is 11.3 Å². The number of halogens is 3. The van der Waals surface area contributed by atoms with Crippen LogP contribution in [0.3, 0.4) is 0 Å². The molecule has 0 bridgehead atoms. The predicted molar refractivity (Wildman–Crippen MR) is 57.7 cm³/mol. The summed E-state index contributed by atoms with van der Waals surface area (Å²) in [5.41, 5.74) is 1.47. The van der Waals surface area contributed by atoms with E-state index < -0.39 is 17.1 Å². The second-order valence-corrected chi connectivity index (χ2v) is 4.14. The highest BCUT2D eigenvalue weighted by molar-refractivity contribution is 7.16. The number of carbonyl (C=O) groups excluding carboxylic acids is 1. The SMILES string of the molecule is CCN(C)c1sc(C(F)(F)F)nc1C(=O)NN. The summed E-state index contributed by atoms with van der Waals surface area (Å²) < 4.78 is 37.4. The van der Waals surface area contributed by atoms with E-state index in [0.29, 0.717) is 17.9 Å². The maximum Gasteiger partial charge on any atom is 0.443 e. The van der Waals surface area contributed by atoms with Crippen molar-refractivity contribution >= 4 is 22.2 Å². The minimum Gasteiger partial charge on any atom is -0.365 e. The zero-order chi connectivity index (χ0) is 13.2. The molecular weight excluding hydrogens is 257 g/mol. The molecule has 0 unspecified atom stereocenters. The Morgan fingerprint density at radius 1 is 1.59 bits per heavy atom. The molecule has 0 aromatic carbocycles. The van der Waals surface area contributed by atoms with Crippen LogP contribution in [0.5, 0.6) is 0 Å². The van der Waals surface area contributed by atoms with E-state index in [1.165, 1.54) is 4.90 Å². The van der Waals surface area contributed by atoms with Crippen LogP contribution in [-0.4, -0.2) is 24.5 Å². The molecule has 96 valence electrons. The molecule has 0 aliphatic carbocycles. The van der Waals surface area contributed by atoms with Crippen molar-refractivity contribution in [3.8, 4) is 0 Å². The first-order chi connectivity index (χ1) is 7.81. The molecule has 3 N–H and O–H groups in total. The molecule has 0 spiro atoms. The fourth-order valence-electron chi connectivity index (χ4n) is 1.05. The monoisotopic (exact) mass is 268 g/mol. The Bertz CT molecular complexity index is 417. The summed E-state index contributed by atoms with van der Waals surface area (Å²) in [6.45, 7) is 2.20. The van der Waals surface area contributed by atoms with E-state index in [0.717, 1.165) is 0 Å². The third-order valence-corrected chi connectivity index (χ3v) is 3.23. The van der Waals surface area contributed by atoms with Crippen molar-refractivity contribution in [2.45, 2.75) is 13.1 Å². The number of nitrogens with one attached hydrogen (secondary N) is 1. The van der Waals surface area contributed by atoms with Gasteiger partial charge >= 0.3 is 6.18 Å². The van der Waals surface area contributed by atoms with Crippen molar-refractivity contribution in [1.82, 2.24) is 10.4 Å². The van der Waals surface area contributed by atoms with Crippen LogP contribution in [0.1, 0.15) is 22.4 Å². The highest BCUT2D eigenvalue weighted by Crippen LogP contribution is 2.37. The molecular formula is C8H11F3N4OS. The fourth-order valence-corrected chi connectivity index (χ4v) is 2.01. The van der Waals surface area contributed by atoms with Crippen LogP contribution < -0.4 is 16.2 Å². The Morgan fingerprint density at radius 2 is 2.18 bits per heavy atom. The minimum absolute atomic E-state index is 0.141. The molecule has 0 aliphatic heterocycles. The van der Waals surface area contributed by atoms with Crippen LogP contribution in [0.25, 0.3) is 0 Å². The van der Waals surface area contributed by atoms with Crippen LogP contribution in [0.4, 0.5) is 18.2 Å². The van der Waals surface area contributed by atoms with Gasteiger partial charge in [-0.15, -0.1) is 0 Å². The number of hydrogen-bond donors (Lipinski definition) is 2. The van der Waals surface area contributed by atoms with Gasteiger partial charge in [0.1, 0.15) is 5.00 Å². The van der Waals surface area contributed by atoms with Gasteiger partial charge in [0.15, 0.2) is 5.69 Å². The smallest absolute Gasteiger partial charge is 0.365 e. The van der Waals surface area contributed by atoms with Gasteiger partial charge in [0.25, 0.3) is 5.91 Å². The molecule has 17 heavy (non-hydrogen) atoms. The molecule has 1 aromatic heterocycles. The number of aromatic nitrogens is 1. The molecule has 1 heterocycles. The van der Waals surface area contributed by atoms with Gasteiger partial charge in [-0.3, -0.25) is 10.2 Å². The van der Waals surface area contributed by atoms with Crippen molar-refractivity contribution < 1.29 is 18.0 Å². The summed E-state index contributed by atoms with van der Waals surface area (Å²) in [6, 6.07) is 0. The Labute approximate surface area is 99.4 Å². The Morgan fingerprint density at radius 3 is 2.59 bits per heavy atom. The summed E-state index contributed by atoms with van der Waals surface area (Å²) >= 11 is 0.416. The third-order valence-electron chi connectivity index (χ3n) is 2.02. The van der Waals surface area contributed by atoms with Gasteiger partial charge < -0.3 is 4.90 Å². The number of anilines is 1. The summed E-state index contributed by atoms with van der Waals surface area (Å²) in [7, 11) is 1.57.